The van der Waals surface area contributed by atoms with Crippen LogP contribution in [0.25, 0.3) is 0 Å². The van der Waals surface area contributed by atoms with Gasteiger partial charge < -0.3 is 11.5 Å². The largest absolute Gasteiger partial charge is 0.386 e. The topological polar surface area (TPSA) is 52.0 Å². The summed E-state index contributed by atoms with van der Waals surface area (Å²) in [6.45, 7) is 3.43. The molecule has 0 saturated carbocycles. The van der Waals surface area contributed by atoms with Crippen LogP contribution in [0.5, 0.6) is 0 Å². The minimum Gasteiger partial charge on any atom is -0.386 e. The highest BCUT2D eigenvalue weighted by Gasteiger charge is 1.71. The molecule has 3 heteroatoms. The zero-order chi connectivity index (χ0) is 7.28. The lowest BCUT2D eigenvalue weighted by molar-refractivity contribution is 1.25. The quantitative estimate of drug-likeness (QED) is 0.397. The highest BCUT2D eigenvalue weighted by molar-refractivity contribution is 6.23. The van der Waals surface area contributed by atoms with E-state index in [9.17, 15) is 0 Å². The summed E-state index contributed by atoms with van der Waals surface area (Å²) in [5.74, 6) is 0.257. The Morgan fingerprint density at radius 2 is 2.00 bits per heavy atom. The van der Waals surface area contributed by atoms with Crippen LogP contribution in [0.1, 0.15) is 0 Å². The predicted octanol–water partition coefficient (Wildman–Crippen LogP) is -0.0164. The molecule has 46 valence electrons. The van der Waals surface area contributed by atoms with E-state index >= 15 is 0 Å². The van der Waals surface area contributed by atoms with Crippen molar-refractivity contribution in [1.29, 1.82) is 0 Å². The van der Waals surface area contributed by atoms with Crippen molar-refractivity contribution in [3.63, 3.8) is 0 Å². The van der Waals surface area contributed by atoms with Crippen LogP contribution < -0.4 is 11.5 Å². The number of allylic oxidation sites excluding steroid dienone is 4. The fourth-order valence-corrected chi connectivity index (χ4v) is 0.283. The number of rotatable bonds is 2. The molecule has 0 heterocycles. The molecule has 0 amide bonds. The molecule has 4 N–H and O–H groups in total. The summed E-state index contributed by atoms with van der Waals surface area (Å²) in [4.78, 5) is 0. The van der Waals surface area contributed by atoms with Crippen LogP contribution in [0.4, 0.5) is 0 Å². The molecule has 0 aromatic heterocycles. The molecule has 0 aromatic rings. The zero-order valence-corrected chi connectivity index (χ0v) is 5.17. The van der Waals surface area contributed by atoms with E-state index in [0.29, 0.717) is 5.47 Å². The van der Waals surface area contributed by atoms with Gasteiger partial charge in [0.25, 0.3) is 0 Å². The molecule has 0 atom stereocenters. The van der Waals surface area contributed by atoms with Crippen molar-refractivity contribution in [2.75, 3.05) is 0 Å². The van der Waals surface area contributed by atoms with E-state index < -0.39 is 0 Å². The highest BCUT2D eigenvalue weighted by Crippen LogP contribution is 1.84. The molecule has 0 unspecified atom stereocenters. The van der Waals surface area contributed by atoms with Crippen molar-refractivity contribution in [3.8, 4) is 0 Å². The van der Waals surface area contributed by atoms with Crippen molar-refractivity contribution in [2.45, 2.75) is 0 Å². The van der Waals surface area contributed by atoms with Gasteiger partial charge in [-0.15, -0.1) is 12.1 Å². The van der Waals surface area contributed by atoms with Gasteiger partial charge in [0, 0.05) is 0 Å². The summed E-state index contributed by atoms with van der Waals surface area (Å²) < 4.78 is 0. The Bertz CT molecular complexity index is 154. The Morgan fingerprint density at radius 3 is 2.33 bits per heavy atom. The SMILES string of the molecule is [B]C(=C)/C=C\C=C(N)N. The Balaban J connectivity index is 3.74. The van der Waals surface area contributed by atoms with Gasteiger partial charge >= 0.3 is 0 Å². The average Bonchev–Trinajstić information content (AvgIpc) is 1.63. The van der Waals surface area contributed by atoms with Crippen molar-refractivity contribution in [2.24, 2.45) is 11.5 Å². The predicted molar refractivity (Wildman–Crippen MR) is 40.5 cm³/mol. The third-order valence-electron chi connectivity index (χ3n) is 0.599. The van der Waals surface area contributed by atoms with E-state index in [2.05, 4.69) is 6.58 Å². The van der Waals surface area contributed by atoms with Gasteiger partial charge in [-0.05, 0) is 6.08 Å². The van der Waals surface area contributed by atoms with Crippen molar-refractivity contribution in [3.05, 3.63) is 36.1 Å². The van der Waals surface area contributed by atoms with Gasteiger partial charge in [0.15, 0.2) is 0 Å². The van der Waals surface area contributed by atoms with Crippen LogP contribution in [0, 0.1) is 0 Å². The summed E-state index contributed by atoms with van der Waals surface area (Å²) in [7, 11) is 5.19. The first-order valence-electron chi connectivity index (χ1n) is 2.46. The number of hydrogen-bond donors (Lipinski definition) is 2. The molecular weight excluding hydrogens is 111 g/mol. The molecule has 0 aliphatic rings. The molecule has 9 heavy (non-hydrogen) atoms. The molecule has 2 radical (unpaired) electrons. The standard InChI is InChI=1S/C6H9BN2/c1-5(7)3-2-4-6(8)9/h2-4H,1,8-9H2/b3-2-. The normalized spacial score (nSPS) is 9.33. The molecule has 0 rings (SSSR count). The minimum atomic E-state index is 0.257. The van der Waals surface area contributed by atoms with Gasteiger partial charge in [-0.2, -0.15) is 0 Å². The summed E-state index contributed by atoms with van der Waals surface area (Å²) in [5, 5.41) is 0. The van der Waals surface area contributed by atoms with Gasteiger partial charge in [0.1, 0.15) is 7.85 Å². The molecule has 0 fully saturated rings. The number of hydrogen-bond acceptors (Lipinski definition) is 2. The first kappa shape index (κ1) is 7.88. The lowest BCUT2D eigenvalue weighted by atomic mass is 9.98. The van der Waals surface area contributed by atoms with Gasteiger partial charge in [0.05, 0.1) is 5.82 Å². The molecule has 0 spiro atoms. The van der Waals surface area contributed by atoms with Crippen molar-refractivity contribution < 1.29 is 0 Å². The lowest BCUT2D eigenvalue weighted by Gasteiger charge is -1.84. The maximum absolute atomic E-state index is 5.19. The molecular formula is C6H9BN2. The fourth-order valence-electron chi connectivity index (χ4n) is 0.283. The van der Waals surface area contributed by atoms with Crippen LogP contribution in [-0.2, 0) is 0 Å². The first-order valence-corrected chi connectivity index (χ1v) is 2.46. The summed E-state index contributed by atoms with van der Waals surface area (Å²) in [5.41, 5.74) is 10.7. The van der Waals surface area contributed by atoms with E-state index in [4.69, 9.17) is 19.3 Å². The van der Waals surface area contributed by atoms with Crippen LogP contribution in [0.3, 0.4) is 0 Å². The molecule has 0 bridgehead atoms. The second-order valence-corrected chi connectivity index (χ2v) is 1.60. The summed E-state index contributed by atoms with van der Waals surface area (Å²) >= 11 is 0. The first-order chi connectivity index (χ1) is 4.13. The van der Waals surface area contributed by atoms with Gasteiger partial charge in [-0.3, -0.25) is 0 Å². The Labute approximate surface area is 56.3 Å². The fraction of sp³-hybridized carbons (Fsp3) is 0. The van der Waals surface area contributed by atoms with Crippen molar-refractivity contribution >= 4 is 7.85 Å². The summed E-state index contributed by atoms with van der Waals surface area (Å²) in [6.07, 6.45) is 4.79. The van der Waals surface area contributed by atoms with Crippen LogP contribution in [0.15, 0.2) is 36.1 Å². The number of nitrogens with two attached hydrogens (primary N) is 2. The maximum atomic E-state index is 5.19. The van der Waals surface area contributed by atoms with E-state index in [1.54, 1.807) is 12.2 Å². The van der Waals surface area contributed by atoms with E-state index in [1.165, 1.54) is 6.08 Å². The Morgan fingerprint density at radius 1 is 1.44 bits per heavy atom. The van der Waals surface area contributed by atoms with Gasteiger partial charge in [-0.1, -0.05) is 12.2 Å². The monoisotopic (exact) mass is 120 g/mol. The average molecular weight is 120 g/mol. The lowest BCUT2D eigenvalue weighted by Crippen LogP contribution is -2.06. The molecule has 0 aliphatic carbocycles. The van der Waals surface area contributed by atoms with Gasteiger partial charge in [0.2, 0.25) is 0 Å². The van der Waals surface area contributed by atoms with Crippen LogP contribution in [0.2, 0.25) is 0 Å². The third-order valence-corrected chi connectivity index (χ3v) is 0.599. The smallest absolute Gasteiger partial charge is 0.112 e. The molecule has 0 saturated heterocycles. The maximum Gasteiger partial charge on any atom is 0.112 e. The second kappa shape index (κ2) is 3.84. The Hall–Kier alpha value is -1.12. The minimum absolute atomic E-state index is 0.257. The van der Waals surface area contributed by atoms with E-state index in [0.717, 1.165) is 0 Å². The van der Waals surface area contributed by atoms with Crippen molar-refractivity contribution in [1.82, 2.24) is 0 Å². The second-order valence-electron chi connectivity index (χ2n) is 1.60. The Kier molecular flexibility index (Phi) is 3.36. The van der Waals surface area contributed by atoms with Gasteiger partial charge in [-0.25, -0.2) is 0 Å². The molecule has 0 aliphatic heterocycles. The third kappa shape index (κ3) is 6.88. The van der Waals surface area contributed by atoms with Crippen LogP contribution in [-0.4, -0.2) is 7.85 Å². The van der Waals surface area contributed by atoms with E-state index in [-0.39, 0.29) is 5.82 Å². The van der Waals surface area contributed by atoms with Crippen LogP contribution >= 0.6 is 0 Å². The highest BCUT2D eigenvalue weighted by atomic mass is 14.8. The zero-order valence-electron chi connectivity index (χ0n) is 5.17. The molecule has 2 nitrogen and oxygen atoms in total. The molecule has 0 aromatic carbocycles. The van der Waals surface area contributed by atoms with E-state index in [1.807, 2.05) is 0 Å². The summed E-state index contributed by atoms with van der Waals surface area (Å²) in [6, 6.07) is 0.